The highest BCUT2D eigenvalue weighted by atomic mass is 15.0. The van der Waals surface area contributed by atoms with Crippen LogP contribution in [0.25, 0.3) is 98.8 Å². The highest BCUT2D eigenvalue weighted by Gasteiger charge is 2.22. The Bertz CT molecular complexity index is 2900. The van der Waals surface area contributed by atoms with E-state index in [1.807, 2.05) is 12.1 Å². The Morgan fingerprint density at radius 2 is 1.07 bits per heavy atom. The van der Waals surface area contributed by atoms with Crippen molar-refractivity contribution >= 4 is 82.0 Å². The van der Waals surface area contributed by atoms with E-state index in [0.717, 1.165) is 33.1 Å². The van der Waals surface area contributed by atoms with Crippen LogP contribution in [0.3, 0.4) is 0 Å². The van der Waals surface area contributed by atoms with Gasteiger partial charge in [0.2, 0.25) is 0 Å². The number of rotatable bonds is 2. The van der Waals surface area contributed by atoms with Crippen LogP contribution in [-0.4, -0.2) is 18.9 Å². The van der Waals surface area contributed by atoms with Gasteiger partial charge in [0.05, 0.1) is 33.1 Å². The van der Waals surface area contributed by atoms with E-state index in [9.17, 15) is 0 Å². The standard InChI is InChI=1S/C42H24N4/c1-2-12-29(13-3-1)45-37-17-9-6-14-30(37)31-21-27(18-19-38(31)45)28-22-33-32-20-25-10-4-5-11-26(25)24-39(32)46-41(33)34(23-28)40-42(46)44-36-16-8-7-15-35(36)43-40/h1-24H. The monoisotopic (exact) mass is 584 g/mol. The fourth-order valence-electron chi connectivity index (χ4n) is 7.73. The molecule has 0 aliphatic rings. The largest absolute Gasteiger partial charge is 0.309 e. The zero-order valence-electron chi connectivity index (χ0n) is 24.6. The Labute approximate surface area is 262 Å². The molecule has 0 saturated heterocycles. The molecule has 11 rings (SSSR count). The fraction of sp³-hybridized carbons (Fsp3) is 0. The van der Waals surface area contributed by atoms with E-state index < -0.39 is 0 Å². The molecule has 11 aromatic rings. The number of hydrogen-bond donors (Lipinski definition) is 0. The lowest BCUT2D eigenvalue weighted by molar-refractivity contribution is 1.18. The normalized spacial score (nSPS) is 12.3. The SMILES string of the molecule is c1ccc(-n2c3ccccc3c3cc(-c4cc5c6cc7ccccc7cc6n6c7nc8ccccc8nc7c(c4)c56)ccc32)cc1. The van der Waals surface area contributed by atoms with E-state index in [2.05, 4.69) is 142 Å². The van der Waals surface area contributed by atoms with Crippen molar-refractivity contribution in [2.24, 2.45) is 0 Å². The Hall–Kier alpha value is -6.26. The summed E-state index contributed by atoms with van der Waals surface area (Å²) in [5, 5.41) is 8.54. The van der Waals surface area contributed by atoms with Crippen molar-refractivity contribution in [1.82, 2.24) is 18.9 Å². The number of nitrogens with zero attached hydrogens (tertiary/aromatic N) is 4. The molecule has 0 N–H and O–H groups in total. The van der Waals surface area contributed by atoms with Crippen LogP contribution in [0.15, 0.2) is 146 Å². The highest BCUT2D eigenvalue weighted by molar-refractivity contribution is 6.25. The van der Waals surface area contributed by atoms with Gasteiger partial charge in [-0.25, -0.2) is 9.97 Å². The lowest BCUT2D eigenvalue weighted by Crippen LogP contribution is -1.92. The van der Waals surface area contributed by atoms with E-state index in [4.69, 9.17) is 9.97 Å². The lowest BCUT2D eigenvalue weighted by atomic mass is 9.98. The second-order valence-corrected chi connectivity index (χ2v) is 12.3. The zero-order valence-corrected chi connectivity index (χ0v) is 24.6. The third-order valence-electron chi connectivity index (χ3n) is 9.77. The van der Waals surface area contributed by atoms with Crippen molar-refractivity contribution in [1.29, 1.82) is 0 Å². The molecule has 4 aromatic heterocycles. The first kappa shape index (κ1) is 24.1. The third kappa shape index (κ3) is 3.12. The zero-order chi connectivity index (χ0) is 29.9. The molecule has 0 saturated carbocycles. The molecule has 0 radical (unpaired) electrons. The molecule has 7 aromatic carbocycles. The van der Waals surface area contributed by atoms with Crippen LogP contribution in [-0.2, 0) is 0 Å². The van der Waals surface area contributed by atoms with Crippen LogP contribution in [0.5, 0.6) is 0 Å². The Kier molecular flexibility index (Phi) is 4.55. The summed E-state index contributed by atoms with van der Waals surface area (Å²) in [5.41, 5.74) is 12.0. The van der Waals surface area contributed by atoms with E-state index >= 15 is 0 Å². The van der Waals surface area contributed by atoms with Crippen LogP contribution in [0.4, 0.5) is 0 Å². The Morgan fingerprint density at radius 1 is 0.413 bits per heavy atom. The van der Waals surface area contributed by atoms with E-state index in [0.29, 0.717) is 0 Å². The second-order valence-electron chi connectivity index (χ2n) is 12.3. The first-order chi connectivity index (χ1) is 22.8. The molecular formula is C42H24N4. The number of para-hydroxylation sites is 4. The predicted molar refractivity (Wildman–Crippen MR) is 191 cm³/mol. The smallest absolute Gasteiger partial charge is 0.165 e. The van der Waals surface area contributed by atoms with E-state index in [1.54, 1.807) is 0 Å². The van der Waals surface area contributed by atoms with Crippen LogP contribution < -0.4 is 0 Å². The first-order valence-electron chi connectivity index (χ1n) is 15.7. The van der Waals surface area contributed by atoms with E-state index in [-0.39, 0.29) is 0 Å². The third-order valence-corrected chi connectivity index (χ3v) is 9.77. The summed E-state index contributed by atoms with van der Waals surface area (Å²) in [4.78, 5) is 10.4. The average Bonchev–Trinajstić information content (AvgIpc) is 3.73. The Morgan fingerprint density at radius 3 is 1.93 bits per heavy atom. The molecule has 46 heavy (non-hydrogen) atoms. The molecule has 4 heterocycles. The van der Waals surface area contributed by atoms with Gasteiger partial charge < -0.3 is 4.57 Å². The molecule has 0 aliphatic carbocycles. The lowest BCUT2D eigenvalue weighted by Gasteiger charge is -2.08. The van der Waals surface area contributed by atoms with Gasteiger partial charge in [0.25, 0.3) is 0 Å². The second kappa shape index (κ2) is 8.68. The maximum absolute atomic E-state index is 5.21. The molecule has 0 atom stereocenters. The molecule has 4 nitrogen and oxygen atoms in total. The van der Waals surface area contributed by atoms with Gasteiger partial charge in [0, 0.05) is 32.6 Å². The van der Waals surface area contributed by atoms with Gasteiger partial charge >= 0.3 is 0 Å². The van der Waals surface area contributed by atoms with Crippen LogP contribution >= 0.6 is 0 Å². The van der Waals surface area contributed by atoms with E-state index in [1.165, 1.54) is 65.7 Å². The molecule has 0 spiro atoms. The van der Waals surface area contributed by atoms with Crippen molar-refractivity contribution in [3.05, 3.63) is 146 Å². The number of fused-ring (bicyclic) bond motifs is 11. The summed E-state index contributed by atoms with van der Waals surface area (Å²) in [6.07, 6.45) is 0. The number of hydrogen-bond acceptors (Lipinski definition) is 2. The Balaban J connectivity index is 1.26. The maximum atomic E-state index is 5.21. The topological polar surface area (TPSA) is 35.1 Å². The van der Waals surface area contributed by atoms with Crippen molar-refractivity contribution in [2.75, 3.05) is 0 Å². The van der Waals surface area contributed by atoms with Gasteiger partial charge in [-0.05, 0) is 88.6 Å². The average molecular weight is 585 g/mol. The van der Waals surface area contributed by atoms with Gasteiger partial charge in [-0.15, -0.1) is 0 Å². The number of benzene rings is 7. The summed E-state index contributed by atoms with van der Waals surface area (Å²) in [6.45, 7) is 0. The summed E-state index contributed by atoms with van der Waals surface area (Å²) in [7, 11) is 0. The van der Waals surface area contributed by atoms with Gasteiger partial charge in [0.15, 0.2) is 5.65 Å². The molecule has 0 fully saturated rings. The predicted octanol–water partition coefficient (Wildman–Crippen LogP) is 10.7. The molecule has 212 valence electrons. The van der Waals surface area contributed by atoms with Gasteiger partial charge in [0.1, 0.15) is 5.52 Å². The molecule has 0 amide bonds. The highest BCUT2D eigenvalue weighted by Crippen LogP contribution is 2.43. The minimum Gasteiger partial charge on any atom is -0.309 e. The summed E-state index contributed by atoms with van der Waals surface area (Å²) in [5.74, 6) is 0. The molecule has 0 bridgehead atoms. The van der Waals surface area contributed by atoms with Gasteiger partial charge in [-0.1, -0.05) is 78.9 Å². The van der Waals surface area contributed by atoms with Crippen molar-refractivity contribution in [3.63, 3.8) is 0 Å². The van der Waals surface area contributed by atoms with Crippen molar-refractivity contribution in [2.45, 2.75) is 0 Å². The molecule has 0 aliphatic heterocycles. The maximum Gasteiger partial charge on any atom is 0.165 e. The van der Waals surface area contributed by atoms with Crippen LogP contribution in [0.2, 0.25) is 0 Å². The van der Waals surface area contributed by atoms with Crippen LogP contribution in [0, 0.1) is 0 Å². The van der Waals surface area contributed by atoms with Gasteiger partial charge in [-0.2, -0.15) is 0 Å². The van der Waals surface area contributed by atoms with Crippen LogP contribution in [0.1, 0.15) is 0 Å². The van der Waals surface area contributed by atoms with Gasteiger partial charge in [-0.3, -0.25) is 4.40 Å². The quantitative estimate of drug-likeness (QED) is 0.203. The summed E-state index contributed by atoms with van der Waals surface area (Å²) < 4.78 is 4.70. The molecular weight excluding hydrogens is 560 g/mol. The first-order valence-corrected chi connectivity index (χ1v) is 15.7. The summed E-state index contributed by atoms with van der Waals surface area (Å²) >= 11 is 0. The van der Waals surface area contributed by atoms with Crippen molar-refractivity contribution < 1.29 is 0 Å². The fourth-order valence-corrected chi connectivity index (χ4v) is 7.73. The number of aromatic nitrogens is 4. The van der Waals surface area contributed by atoms with Crippen molar-refractivity contribution in [3.8, 4) is 16.8 Å². The molecule has 4 heteroatoms. The minimum absolute atomic E-state index is 0.905. The minimum atomic E-state index is 0.905. The summed E-state index contributed by atoms with van der Waals surface area (Å²) in [6, 6.07) is 52.4. The molecule has 0 unspecified atom stereocenters.